The minimum Gasteiger partial charge on any atom is -0.396 e. The fourth-order valence-electron chi connectivity index (χ4n) is 4.46. The molecule has 1 amide bonds. The molecule has 4 rings (SSSR count). The van der Waals surface area contributed by atoms with Crippen molar-refractivity contribution in [2.45, 2.75) is 37.7 Å². The number of amides is 1. The zero-order valence-corrected chi connectivity index (χ0v) is 14.4. The lowest BCUT2D eigenvalue weighted by atomic mass is 9.67. The smallest absolute Gasteiger partial charge is 0.236 e. The van der Waals surface area contributed by atoms with Gasteiger partial charge >= 0.3 is 0 Å². The van der Waals surface area contributed by atoms with E-state index >= 15 is 0 Å². The van der Waals surface area contributed by atoms with Gasteiger partial charge in [-0.3, -0.25) is 4.79 Å². The average Bonchev–Trinajstić information content (AvgIpc) is 2.95. The van der Waals surface area contributed by atoms with Crippen LogP contribution in [0.4, 0.5) is 0 Å². The molecule has 25 heavy (non-hydrogen) atoms. The molecule has 1 spiro atoms. The van der Waals surface area contributed by atoms with Crippen LogP contribution in [0.5, 0.6) is 0 Å². The van der Waals surface area contributed by atoms with Gasteiger partial charge in [0.2, 0.25) is 5.91 Å². The molecule has 5 nitrogen and oxygen atoms in total. The number of aromatic amines is 1. The monoisotopic (exact) mass is 340 g/mol. The van der Waals surface area contributed by atoms with E-state index in [0.29, 0.717) is 19.4 Å². The van der Waals surface area contributed by atoms with Gasteiger partial charge in [0.1, 0.15) is 5.41 Å². The third-order valence-corrected chi connectivity index (χ3v) is 5.69. The van der Waals surface area contributed by atoms with Crippen LogP contribution in [0.3, 0.4) is 0 Å². The molecule has 132 valence electrons. The van der Waals surface area contributed by atoms with Gasteiger partial charge in [0.25, 0.3) is 0 Å². The van der Waals surface area contributed by atoms with Crippen LogP contribution in [0.15, 0.2) is 35.9 Å². The number of rotatable bonds is 2. The van der Waals surface area contributed by atoms with Crippen molar-refractivity contribution in [3.8, 4) is 0 Å². The van der Waals surface area contributed by atoms with Crippen molar-refractivity contribution in [2.24, 2.45) is 5.92 Å². The molecule has 1 aliphatic heterocycles. The molecule has 1 aromatic carbocycles. The quantitative estimate of drug-likeness (QED) is 0.629. The van der Waals surface area contributed by atoms with Gasteiger partial charge in [0.05, 0.1) is 6.10 Å². The number of aliphatic hydroxyl groups excluding tert-OH is 2. The molecule has 0 fully saturated rings. The standard InChI is InChI=1S/C20H24N2O3/c1-12(24)14-8-13(11-23)9-20(10-14)18-16(6-7-21-19(20)25)15-4-2-3-5-17(15)22-18/h2-5,10,12-13,22-24H,6-9,11H2,1H3,(H,21,25)/t12?,13?,20-/m0/s1. The highest BCUT2D eigenvalue weighted by Crippen LogP contribution is 2.44. The van der Waals surface area contributed by atoms with Gasteiger partial charge in [0.15, 0.2) is 0 Å². The van der Waals surface area contributed by atoms with E-state index in [9.17, 15) is 15.0 Å². The number of aromatic nitrogens is 1. The van der Waals surface area contributed by atoms with Gasteiger partial charge in [0, 0.05) is 29.7 Å². The summed E-state index contributed by atoms with van der Waals surface area (Å²) in [5, 5.41) is 24.1. The first-order chi connectivity index (χ1) is 12.0. The lowest BCUT2D eigenvalue weighted by molar-refractivity contribution is -0.126. The van der Waals surface area contributed by atoms with Crippen LogP contribution in [-0.2, 0) is 16.6 Å². The molecule has 1 aliphatic carbocycles. The summed E-state index contributed by atoms with van der Waals surface area (Å²) in [7, 11) is 0. The van der Waals surface area contributed by atoms with Gasteiger partial charge in [-0.15, -0.1) is 0 Å². The molecule has 0 saturated carbocycles. The molecular formula is C20H24N2O3. The van der Waals surface area contributed by atoms with E-state index in [1.807, 2.05) is 24.3 Å². The molecular weight excluding hydrogens is 316 g/mol. The molecule has 2 heterocycles. The summed E-state index contributed by atoms with van der Waals surface area (Å²) in [5.41, 5.74) is 3.07. The van der Waals surface area contributed by atoms with Gasteiger partial charge in [-0.05, 0) is 49.3 Å². The normalized spacial score (nSPS) is 27.6. The van der Waals surface area contributed by atoms with E-state index in [2.05, 4.69) is 16.4 Å². The number of hydrogen-bond acceptors (Lipinski definition) is 3. The van der Waals surface area contributed by atoms with Gasteiger partial charge < -0.3 is 20.5 Å². The predicted molar refractivity (Wildman–Crippen MR) is 96.3 cm³/mol. The van der Waals surface area contributed by atoms with Gasteiger partial charge in [-0.25, -0.2) is 0 Å². The first-order valence-corrected chi connectivity index (χ1v) is 8.94. The molecule has 0 bridgehead atoms. The third-order valence-electron chi connectivity index (χ3n) is 5.69. The zero-order chi connectivity index (χ0) is 17.6. The van der Waals surface area contributed by atoms with E-state index < -0.39 is 11.5 Å². The molecule has 0 radical (unpaired) electrons. The number of nitrogens with one attached hydrogen (secondary N) is 2. The molecule has 2 aromatic rings. The highest BCUT2D eigenvalue weighted by Gasteiger charge is 2.47. The number of para-hydroxylation sites is 1. The van der Waals surface area contributed by atoms with Crippen molar-refractivity contribution >= 4 is 16.8 Å². The predicted octanol–water partition coefficient (Wildman–Crippen LogP) is 1.79. The number of benzene rings is 1. The highest BCUT2D eigenvalue weighted by molar-refractivity contribution is 5.95. The maximum Gasteiger partial charge on any atom is 0.236 e. The van der Waals surface area contributed by atoms with Crippen molar-refractivity contribution in [3.63, 3.8) is 0 Å². The third kappa shape index (κ3) is 2.50. The SMILES string of the molecule is CC(O)C1=C[C@]2(CC(CO)C1)C(=O)NCCc1c2[nH]c2ccccc12. The molecule has 0 saturated heterocycles. The summed E-state index contributed by atoms with van der Waals surface area (Å²) in [6.07, 6.45) is 3.26. The van der Waals surface area contributed by atoms with E-state index in [-0.39, 0.29) is 18.4 Å². The number of aliphatic hydroxyl groups is 2. The highest BCUT2D eigenvalue weighted by atomic mass is 16.3. The Hall–Kier alpha value is -2.11. The Labute approximate surface area is 146 Å². The fraction of sp³-hybridized carbons (Fsp3) is 0.450. The van der Waals surface area contributed by atoms with Crippen molar-refractivity contribution in [1.82, 2.24) is 10.3 Å². The summed E-state index contributed by atoms with van der Waals surface area (Å²) < 4.78 is 0. The van der Waals surface area contributed by atoms with Crippen LogP contribution in [0.25, 0.3) is 10.9 Å². The minimum absolute atomic E-state index is 0.00858. The second-order valence-corrected chi connectivity index (χ2v) is 7.35. The summed E-state index contributed by atoms with van der Waals surface area (Å²) >= 11 is 0. The largest absolute Gasteiger partial charge is 0.396 e. The van der Waals surface area contributed by atoms with Crippen molar-refractivity contribution in [2.75, 3.05) is 13.2 Å². The van der Waals surface area contributed by atoms with Gasteiger partial charge in [-0.1, -0.05) is 24.3 Å². The summed E-state index contributed by atoms with van der Waals surface area (Å²) in [6.45, 7) is 2.33. The fourth-order valence-corrected chi connectivity index (χ4v) is 4.46. The summed E-state index contributed by atoms with van der Waals surface area (Å²) in [5.74, 6) is -0.0909. The van der Waals surface area contributed by atoms with E-state index in [1.54, 1.807) is 6.92 Å². The summed E-state index contributed by atoms with van der Waals surface area (Å²) in [6, 6.07) is 8.11. The Morgan fingerprint density at radius 1 is 1.36 bits per heavy atom. The Morgan fingerprint density at radius 2 is 2.16 bits per heavy atom. The number of carbonyl (C=O) groups excluding carboxylic acids is 1. The number of fused-ring (bicyclic) bond motifs is 4. The van der Waals surface area contributed by atoms with Crippen molar-refractivity contribution < 1.29 is 15.0 Å². The minimum atomic E-state index is -0.858. The van der Waals surface area contributed by atoms with Crippen LogP contribution < -0.4 is 5.32 Å². The Kier molecular flexibility index (Phi) is 3.93. The van der Waals surface area contributed by atoms with E-state index in [1.165, 1.54) is 0 Å². The first-order valence-electron chi connectivity index (χ1n) is 8.94. The summed E-state index contributed by atoms with van der Waals surface area (Å²) in [4.78, 5) is 16.6. The number of carbonyl (C=O) groups is 1. The van der Waals surface area contributed by atoms with E-state index in [4.69, 9.17) is 0 Å². The lowest BCUT2D eigenvalue weighted by Gasteiger charge is -2.37. The number of H-pyrrole nitrogens is 1. The van der Waals surface area contributed by atoms with Crippen LogP contribution in [0.1, 0.15) is 31.0 Å². The molecule has 4 N–H and O–H groups in total. The van der Waals surface area contributed by atoms with Crippen molar-refractivity contribution in [1.29, 1.82) is 0 Å². The average molecular weight is 340 g/mol. The second-order valence-electron chi connectivity index (χ2n) is 7.35. The van der Waals surface area contributed by atoms with Crippen LogP contribution in [0, 0.1) is 5.92 Å². The van der Waals surface area contributed by atoms with Gasteiger partial charge in [-0.2, -0.15) is 0 Å². The van der Waals surface area contributed by atoms with Crippen molar-refractivity contribution in [3.05, 3.63) is 47.2 Å². The Balaban J connectivity index is 1.98. The van der Waals surface area contributed by atoms with Crippen LogP contribution >= 0.6 is 0 Å². The van der Waals surface area contributed by atoms with E-state index in [0.717, 1.165) is 34.2 Å². The first kappa shape index (κ1) is 16.4. The molecule has 3 atom stereocenters. The Morgan fingerprint density at radius 3 is 2.92 bits per heavy atom. The second kappa shape index (κ2) is 6.00. The Bertz CT molecular complexity index is 852. The maximum atomic E-state index is 13.1. The number of hydrogen-bond donors (Lipinski definition) is 4. The topological polar surface area (TPSA) is 85.3 Å². The van der Waals surface area contributed by atoms with Crippen LogP contribution in [-0.4, -0.2) is 40.4 Å². The molecule has 2 unspecified atom stereocenters. The maximum absolute atomic E-state index is 13.1. The molecule has 5 heteroatoms. The van der Waals surface area contributed by atoms with Crippen LogP contribution in [0.2, 0.25) is 0 Å². The zero-order valence-electron chi connectivity index (χ0n) is 14.4. The lowest BCUT2D eigenvalue weighted by Crippen LogP contribution is -2.46. The molecule has 1 aromatic heterocycles. The molecule has 2 aliphatic rings.